The summed E-state index contributed by atoms with van der Waals surface area (Å²) in [5.74, 6) is -2.01. The molecule has 0 aromatic heterocycles. The third-order valence-corrected chi connectivity index (χ3v) is 3.69. The lowest BCUT2D eigenvalue weighted by molar-refractivity contribution is -0.143. The maximum absolute atomic E-state index is 12.1. The first-order valence-electron chi connectivity index (χ1n) is 7.12. The van der Waals surface area contributed by atoms with Gasteiger partial charge in [-0.2, -0.15) is 0 Å². The van der Waals surface area contributed by atoms with Gasteiger partial charge in [-0.1, -0.05) is 19.1 Å². The van der Waals surface area contributed by atoms with Gasteiger partial charge < -0.3 is 5.32 Å². The molecule has 1 aliphatic carbocycles. The first-order chi connectivity index (χ1) is 10.0. The van der Waals surface area contributed by atoms with Gasteiger partial charge in [0.2, 0.25) is 17.7 Å². The summed E-state index contributed by atoms with van der Waals surface area (Å²) in [7, 11) is 0. The minimum Gasteiger partial charge on any atom is -0.338 e. The number of amides is 5. The van der Waals surface area contributed by atoms with E-state index in [-0.39, 0.29) is 23.7 Å². The Labute approximate surface area is 122 Å². The van der Waals surface area contributed by atoms with Gasteiger partial charge >= 0.3 is 6.03 Å². The number of nitrogens with zero attached hydrogens (tertiary/aromatic N) is 1. The number of carbonyl (C=O) groups excluding carboxylic acids is 4. The third kappa shape index (κ3) is 3.29. The SMILES string of the molecule is CCCNC(=O)NC(=O)CN1C(=O)[C@H]2CC=CC[C@H]2C1=O. The van der Waals surface area contributed by atoms with Crippen LogP contribution in [0.2, 0.25) is 0 Å². The predicted octanol–water partition coefficient (Wildman–Crippen LogP) is 0.173. The summed E-state index contributed by atoms with van der Waals surface area (Å²) in [4.78, 5) is 48.3. The molecule has 0 aromatic rings. The molecule has 2 aliphatic rings. The highest BCUT2D eigenvalue weighted by Crippen LogP contribution is 2.34. The molecule has 0 radical (unpaired) electrons. The molecule has 21 heavy (non-hydrogen) atoms. The Hall–Kier alpha value is -2.18. The summed E-state index contributed by atoms with van der Waals surface area (Å²) >= 11 is 0. The molecule has 2 N–H and O–H groups in total. The monoisotopic (exact) mass is 293 g/mol. The van der Waals surface area contributed by atoms with E-state index in [4.69, 9.17) is 0 Å². The molecule has 1 saturated heterocycles. The van der Waals surface area contributed by atoms with Crippen LogP contribution in [0.4, 0.5) is 4.79 Å². The Morgan fingerprint density at radius 3 is 2.29 bits per heavy atom. The van der Waals surface area contributed by atoms with Gasteiger partial charge in [0.1, 0.15) is 6.54 Å². The van der Waals surface area contributed by atoms with Crippen LogP contribution in [-0.2, 0) is 14.4 Å². The molecule has 1 heterocycles. The topological polar surface area (TPSA) is 95.6 Å². The molecular weight excluding hydrogens is 274 g/mol. The number of rotatable bonds is 4. The lowest BCUT2D eigenvalue weighted by atomic mass is 9.85. The molecule has 0 bridgehead atoms. The van der Waals surface area contributed by atoms with Crippen molar-refractivity contribution in [2.75, 3.05) is 13.1 Å². The highest BCUT2D eigenvalue weighted by atomic mass is 16.2. The first-order valence-corrected chi connectivity index (χ1v) is 7.12. The Bertz CT molecular complexity index is 474. The van der Waals surface area contributed by atoms with Gasteiger partial charge in [0.25, 0.3) is 0 Å². The number of allylic oxidation sites excluding steroid dienone is 2. The quantitative estimate of drug-likeness (QED) is 0.570. The van der Waals surface area contributed by atoms with Crippen molar-refractivity contribution in [3.05, 3.63) is 12.2 Å². The number of carbonyl (C=O) groups is 4. The highest BCUT2D eigenvalue weighted by Gasteiger charge is 2.47. The second-order valence-corrected chi connectivity index (χ2v) is 5.22. The van der Waals surface area contributed by atoms with Crippen LogP contribution in [0.1, 0.15) is 26.2 Å². The maximum atomic E-state index is 12.1. The van der Waals surface area contributed by atoms with Crippen LogP contribution in [0.3, 0.4) is 0 Å². The Kier molecular flexibility index (Phi) is 4.72. The molecule has 114 valence electrons. The van der Waals surface area contributed by atoms with Crippen molar-refractivity contribution in [1.82, 2.24) is 15.5 Å². The van der Waals surface area contributed by atoms with E-state index in [9.17, 15) is 19.2 Å². The van der Waals surface area contributed by atoms with Gasteiger partial charge in [0.15, 0.2) is 0 Å². The number of imide groups is 2. The molecule has 2 rings (SSSR count). The van der Waals surface area contributed by atoms with E-state index in [0.717, 1.165) is 11.3 Å². The largest absolute Gasteiger partial charge is 0.338 e. The van der Waals surface area contributed by atoms with Gasteiger partial charge in [0.05, 0.1) is 11.8 Å². The van der Waals surface area contributed by atoms with E-state index in [2.05, 4.69) is 10.6 Å². The number of likely N-dealkylation sites (tertiary alicyclic amines) is 1. The van der Waals surface area contributed by atoms with Gasteiger partial charge in [-0.15, -0.1) is 0 Å². The van der Waals surface area contributed by atoms with Crippen molar-refractivity contribution < 1.29 is 19.2 Å². The lowest BCUT2D eigenvalue weighted by Gasteiger charge is -2.14. The fraction of sp³-hybridized carbons (Fsp3) is 0.571. The van der Waals surface area contributed by atoms with Gasteiger partial charge in [0, 0.05) is 6.54 Å². The van der Waals surface area contributed by atoms with Gasteiger partial charge in [-0.25, -0.2) is 4.79 Å². The number of hydrogen-bond acceptors (Lipinski definition) is 4. The molecular formula is C14H19N3O4. The Morgan fingerprint density at radius 2 is 1.76 bits per heavy atom. The summed E-state index contributed by atoms with van der Waals surface area (Å²) in [6, 6.07) is -0.611. The zero-order valence-electron chi connectivity index (χ0n) is 11.9. The normalized spacial score (nSPS) is 24.0. The third-order valence-electron chi connectivity index (χ3n) is 3.69. The van der Waals surface area contributed by atoms with E-state index >= 15 is 0 Å². The molecule has 1 aliphatic heterocycles. The number of hydrogen-bond donors (Lipinski definition) is 2. The van der Waals surface area contributed by atoms with Crippen LogP contribution >= 0.6 is 0 Å². The first kappa shape index (κ1) is 15.2. The molecule has 1 fully saturated rings. The van der Waals surface area contributed by atoms with Crippen LogP contribution in [0.5, 0.6) is 0 Å². The number of nitrogens with one attached hydrogen (secondary N) is 2. The highest BCUT2D eigenvalue weighted by molar-refractivity contribution is 6.08. The summed E-state index contributed by atoms with van der Waals surface area (Å²) in [5.41, 5.74) is 0. The fourth-order valence-corrected chi connectivity index (χ4v) is 2.62. The second kappa shape index (κ2) is 6.51. The van der Waals surface area contributed by atoms with E-state index < -0.39 is 18.5 Å². The van der Waals surface area contributed by atoms with Crippen molar-refractivity contribution in [3.8, 4) is 0 Å². The minimum absolute atomic E-state index is 0.321. The number of fused-ring (bicyclic) bond motifs is 1. The summed E-state index contributed by atoms with van der Waals surface area (Å²) in [6.07, 6.45) is 5.58. The molecule has 0 saturated carbocycles. The van der Waals surface area contributed by atoms with Gasteiger partial charge in [-0.05, 0) is 19.3 Å². The van der Waals surface area contributed by atoms with Crippen LogP contribution in [0.25, 0.3) is 0 Å². The Morgan fingerprint density at radius 1 is 1.19 bits per heavy atom. The van der Waals surface area contributed by atoms with Crippen molar-refractivity contribution >= 4 is 23.8 Å². The summed E-state index contributed by atoms with van der Waals surface area (Å²) in [5, 5.41) is 4.60. The molecule has 0 aromatic carbocycles. The molecule has 5 amide bonds. The molecule has 7 nitrogen and oxygen atoms in total. The summed E-state index contributed by atoms with van der Waals surface area (Å²) < 4.78 is 0. The maximum Gasteiger partial charge on any atom is 0.321 e. The zero-order chi connectivity index (χ0) is 15.4. The van der Waals surface area contributed by atoms with E-state index in [0.29, 0.717) is 19.4 Å². The minimum atomic E-state index is -0.656. The van der Waals surface area contributed by atoms with Crippen LogP contribution < -0.4 is 10.6 Å². The molecule has 0 unspecified atom stereocenters. The number of urea groups is 1. The van der Waals surface area contributed by atoms with Crippen LogP contribution in [0.15, 0.2) is 12.2 Å². The zero-order valence-corrected chi connectivity index (χ0v) is 11.9. The molecule has 2 atom stereocenters. The summed E-state index contributed by atoms with van der Waals surface area (Å²) in [6.45, 7) is 1.94. The average Bonchev–Trinajstić information content (AvgIpc) is 2.71. The lowest BCUT2D eigenvalue weighted by Crippen LogP contribution is -2.46. The fourth-order valence-electron chi connectivity index (χ4n) is 2.62. The van der Waals surface area contributed by atoms with Crippen LogP contribution in [0, 0.1) is 11.8 Å². The molecule has 7 heteroatoms. The van der Waals surface area contributed by atoms with Gasteiger partial charge in [-0.3, -0.25) is 24.6 Å². The van der Waals surface area contributed by atoms with Crippen molar-refractivity contribution in [3.63, 3.8) is 0 Å². The van der Waals surface area contributed by atoms with Crippen molar-refractivity contribution in [2.45, 2.75) is 26.2 Å². The molecule has 0 spiro atoms. The van der Waals surface area contributed by atoms with Crippen molar-refractivity contribution in [2.24, 2.45) is 11.8 Å². The second-order valence-electron chi connectivity index (χ2n) is 5.22. The average molecular weight is 293 g/mol. The standard InChI is InChI=1S/C14H19N3O4/c1-2-7-15-14(21)16-11(18)8-17-12(19)9-5-3-4-6-10(9)13(17)20/h3-4,9-10H,2,5-8H2,1H3,(H2,15,16,18,21)/t9-,10+. The van der Waals surface area contributed by atoms with Crippen LogP contribution in [-0.4, -0.2) is 41.7 Å². The van der Waals surface area contributed by atoms with E-state index in [1.165, 1.54) is 0 Å². The Balaban J connectivity index is 1.91. The van der Waals surface area contributed by atoms with Crippen molar-refractivity contribution in [1.29, 1.82) is 0 Å². The smallest absolute Gasteiger partial charge is 0.321 e. The van der Waals surface area contributed by atoms with E-state index in [1.807, 2.05) is 19.1 Å². The predicted molar refractivity (Wildman–Crippen MR) is 73.9 cm³/mol. The van der Waals surface area contributed by atoms with E-state index in [1.54, 1.807) is 0 Å².